The Bertz CT molecular complexity index is 1040. The van der Waals surface area contributed by atoms with E-state index in [4.69, 9.17) is 9.15 Å². The fourth-order valence-electron chi connectivity index (χ4n) is 3.62. The molecule has 28 heavy (non-hydrogen) atoms. The Balaban J connectivity index is 1.75. The largest absolute Gasteiger partial charge is 0.484 e. The lowest BCUT2D eigenvalue weighted by molar-refractivity contribution is -0.137. The van der Waals surface area contributed by atoms with Crippen molar-refractivity contribution in [2.45, 2.75) is 45.7 Å². The van der Waals surface area contributed by atoms with Gasteiger partial charge in [0, 0.05) is 29.6 Å². The van der Waals surface area contributed by atoms with Gasteiger partial charge in [0.25, 0.3) is 5.91 Å². The number of amides is 1. The Labute approximate surface area is 164 Å². The highest BCUT2D eigenvalue weighted by atomic mass is 32.2. The summed E-state index contributed by atoms with van der Waals surface area (Å²) in [6.07, 6.45) is 1.18. The summed E-state index contributed by atoms with van der Waals surface area (Å²) in [5.74, 6) is 0.283. The molecule has 1 aliphatic heterocycles. The quantitative estimate of drug-likeness (QED) is 0.682. The summed E-state index contributed by atoms with van der Waals surface area (Å²) in [5, 5.41) is 0.802. The molecule has 2 atom stereocenters. The van der Waals surface area contributed by atoms with E-state index in [-0.39, 0.29) is 36.1 Å². The third kappa shape index (κ3) is 4.38. The first kappa shape index (κ1) is 20.4. The van der Waals surface area contributed by atoms with Crippen molar-refractivity contribution >= 4 is 26.7 Å². The Kier molecular flexibility index (Phi) is 5.79. The lowest BCUT2D eigenvalue weighted by Gasteiger charge is -2.33. The second-order valence-corrected chi connectivity index (χ2v) is 9.54. The van der Waals surface area contributed by atoms with E-state index >= 15 is 0 Å². The maximum Gasteiger partial charge on any atom is 0.336 e. The Morgan fingerprint density at radius 2 is 2.11 bits per heavy atom. The van der Waals surface area contributed by atoms with Crippen molar-refractivity contribution in [1.82, 2.24) is 4.90 Å². The van der Waals surface area contributed by atoms with Crippen LogP contribution in [0, 0.1) is 6.92 Å². The maximum absolute atomic E-state index is 12.8. The van der Waals surface area contributed by atoms with Crippen molar-refractivity contribution in [3.8, 4) is 5.75 Å². The molecule has 1 fully saturated rings. The predicted octanol–water partition coefficient (Wildman–Crippen LogP) is 2.29. The van der Waals surface area contributed by atoms with E-state index in [0.717, 1.165) is 17.4 Å². The highest BCUT2D eigenvalue weighted by molar-refractivity contribution is 7.91. The van der Waals surface area contributed by atoms with Crippen LogP contribution in [0.5, 0.6) is 5.75 Å². The second kappa shape index (κ2) is 7.95. The van der Waals surface area contributed by atoms with Crippen LogP contribution in [-0.4, -0.2) is 49.4 Å². The van der Waals surface area contributed by atoms with Crippen molar-refractivity contribution in [3.63, 3.8) is 0 Å². The molecule has 152 valence electrons. The van der Waals surface area contributed by atoms with Crippen LogP contribution in [0.4, 0.5) is 0 Å². The molecule has 0 N–H and O–H groups in total. The first-order chi connectivity index (χ1) is 13.2. The van der Waals surface area contributed by atoms with Crippen LogP contribution in [0.1, 0.15) is 32.3 Å². The topological polar surface area (TPSA) is 93.9 Å². The zero-order valence-electron chi connectivity index (χ0n) is 16.3. The van der Waals surface area contributed by atoms with E-state index in [9.17, 15) is 18.0 Å². The van der Waals surface area contributed by atoms with Gasteiger partial charge >= 0.3 is 5.63 Å². The molecular formula is C20H25NO6S. The van der Waals surface area contributed by atoms with Gasteiger partial charge in [-0.1, -0.05) is 6.92 Å². The third-order valence-corrected chi connectivity index (χ3v) is 6.99. The normalized spacial score (nSPS) is 19.5. The number of sulfone groups is 1. The molecule has 1 aromatic heterocycles. The standard InChI is InChI=1S/C20H25NO6S/c1-4-14(3)21(15-7-8-28(24,25)12-15)19(22)11-26-16-5-6-17-13(2)9-20(23)27-18(17)10-16/h5-6,9-10,14-15H,4,7-8,11-12H2,1-3H3/t14-,15-/m1/s1. The van der Waals surface area contributed by atoms with Gasteiger partial charge in [-0.05, 0) is 44.4 Å². The van der Waals surface area contributed by atoms with Crippen LogP contribution < -0.4 is 10.4 Å². The molecule has 0 bridgehead atoms. The lowest BCUT2D eigenvalue weighted by Crippen LogP contribution is -2.48. The molecule has 1 aliphatic rings. The number of hydrogen-bond acceptors (Lipinski definition) is 6. The smallest absolute Gasteiger partial charge is 0.336 e. The summed E-state index contributed by atoms with van der Waals surface area (Å²) in [4.78, 5) is 26.0. The number of rotatable bonds is 6. The molecule has 2 aromatic rings. The van der Waals surface area contributed by atoms with E-state index in [1.54, 1.807) is 23.1 Å². The average molecular weight is 407 g/mol. The van der Waals surface area contributed by atoms with Gasteiger partial charge in [0.15, 0.2) is 16.4 Å². The summed E-state index contributed by atoms with van der Waals surface area (Å²) in [5.41, 5.74) is 0.762. The molecule has 1 amide bonds. The summed E-state index contributed by atoms with van der Waals surface area (Å²) >= 11 is 0. The van der Waals surface area contributed by atoms with Crippen LogP contribution in [0.3, 0.4) is 0 Å². The average Bonchev–Trinajstić information content (AvgIpc) is 2.98. The van der Waals surface area contributed by atoms with E-state index < -0.39 is 15.5 Å². The number of fused-ring (bicyclic) bond motifs is 1. The van der Waals surface area contributed by atoms with Crippen LogP contribution in [0.25, 0.3) is 11.0 Å². The molecule has 0 saturated carbocycles. The highest BCUT2D eigenvalue weighted by Gasteiger charge is 2.36. The van der Waals surface area contributed by atoms with Crippen molar-refractivity contribution < 1.29 is 22.4 Å². The van der Waals surface area contributed by atoms with Crippen LogP contribution >= 0.6 is 0 Å². The number of aryl methyl sites for hydroxylation is 1. The molecular weight excluding hydrogens is 382 g/mol. The van der Waals surface area contributed by atoms with Gasteiger partial charge in [-0.15, -0.1) is 0 Å². The Morgan fingerprint density at radius 1 is 1.36 bits per heavy atom. The number of benzene rings is 1. The molecule has 0 radical (unpaired) electrons. The van der Waals surface area contributed by atoms with Gasteiger partial charge in [-0.25, -0.2) is 13.2 Å². The van der Waals surface area contributed by atoms with E-state index in [1.807, 2.05) is 20.8 Å². The number of nitrogens with zero attached hydrogens (tertiary/aromatic N) is 1. The molecule has 2 heterocycles. The first-order valence-electron chi connectivity index (χ1n) is 9.39. The number of hydrogen-bond donors (Lipinski definition) is 0. The number of ether oxygens (including phenoxy) is 1. The minimum Gasteiger partial charge on any atom is -0.484 e. The predicted molar refractivity (Wildman–Crippen MR) is 106 cm³/mol. The minimum atomic E-state index is -3.09. The Hall–Kier alpha value is -2.35. The molecule has 3 rings (SSSR count). The molecule has 7 nitrogen and oxygen atoms in total. The molecule has 8 heteroatoms. The first-order valence-corrected chi connectivity index (χ1v) is 11.2. The molecule has 1 saturated heterocycles. The summed E-state index contributed by atoms with van der Waals surface area (Å²) in [6, 6.07) is 6.12. The molecule has 0 aliphatic carbocycles. The van der Waals surface area contributed by atoms with E-state index in [2.05, 4.69) is 0 Å². The highest BCUT2D eigenvalue weighted by Crippen LogP contribution is 2.24. The number of carbonyl (C=O) groups is 1. The lowest BCUT2D eigenvalue weighted by atomic mass is 10.1. The van der Waals surface area contributed by atoms with Crippen molar-refractivity contribution in [2.24, 2.45) is 0 Å². The summed E-state index contributed by atoms with van der Waals surface area (Å²) < 4.78 is 34.5. The van der Waals surface area contributed by atoms with Gasteiger partial charge in [-0.2, -0.15) is 0 Å². The van der Waals surface area contributed by atoms with Crippen molar-refractivity contribution in [3.05, 3.63) is 40.2 Å². The summed E-state index contributed by atoms with van der Waals surface area (Å²) in [7, 11) is -3.09. The van der Waals surface area contributed by atoms with Gasteiger partial charge < -0.3 is 14.1 Å². The zero-order chi connectivity index (χ0) is 20.5. The van der Waals surface area contributed by atoms with Crippen LogP contribution in [-0.2, 0) is 14.6 Å². The molecule has 0 spiro atoms. The zero-order valence-corrected chi connectivity index (χ0v) is 17.1. The summed E-state index contributed by atoms with van der Waals surface area (Å²) in [6.45, 7) is 5.49. The maximum atomic E-state index is 12.8. The minimum absolute atomic E-state index is 0.00346. The van der Waals surface area contributed by atoms with Crippen molar-refractivity contribution in [2.75, 3.05) is 18.1 Å². The fourth-order valence-corrected chi connectivity index (χ4v) is 5.33. The van der Waals surface area contributed by atoms with Gasteiger partial charge in [-0.3, -0.25) is 4.79 Å². The molecule has 0 unspecified atom stereocenters. The van der Waals surface area contributed by atoms with Gasteiger partial charge in [0.1, 0.15) is 11.3 Å². The van der Waals surface area contributed by atoms with Gasteiger partial charge in [0.05, 0.1) is 11.5 Å². The second-order valence-electron chi connectivity index (χ2n) is 7.31. The fraction of sp³-hybridized carbons (Fsp3) is 0.500. The van der Waals surface area contributed by atoms with Crippen molar-refractivity contribution in [1.29, 1.82) is 0 Å². The molecule has 1 aromatic carbocycles. The Morgan fingerprint density at radius 3 is 2.75 bits per heavy atom. The third-order valence-electron chi connectivity index (χ3n) is 5.24. The monoisotopic (exact) mass is 407 g/mol. The van der Waals surface area contributed by atoms with Crippen LogP contribution in [0.15, 0.2) is 33.5 Å². The SMILES string of the molecule is CC[C@@H](C)N(C(=O)COc1ccc2c(C)cc(=O)oc2c1)[C@@H]1CCS(=O)(=O)C1. The van der Waals surface area contributed by atoms with E-state index in [0.29, 0.717) is 17.8 Å². The van der Waals surface area contributed by atoms with Crippen LogP contribution in [0.2, 0.25) is 0 Å². The van der Waals surface area contributed by atoms with Gasteiger partial charge in [0.2, 0.25) is 0 Å². The van der Waals surface area contributed by atoms with E-state index in [1.165, 1.54) is 6.07 Å². The number of carbonyl (C=O) groups excluding carboxylic acids is 1.